The molecule has 1 atom stereocenters. The Hall–Kier alpha value is -2.11. The number of pyridine rings is 1. The average Bonchev–Trinajstić information content (AvgIpc) is 3.22. The highest BCUT2D eigenvalue weighted by atomic mass is 32.2. The molecule has 1 fully saturated rings. The largest absolute Gasteiger partial charge is 0.394 e. The topological polar surface area (TPSA) is 140 Å². The van der Waals surface area contributed by atoms with Gasteiger partial charge in [-0.2, -0.15) is 4.31 Å². The molecule has 1 aliphatic heterocycles. The second kappa shape index (κ2) is 8.10. The summed E-state index contributed by atoms with van der Waals surface area (Å²) in [7, 11) is -4.01. The molecule has 2 aromatic rings. The predicted molar refractivity (Wildman–Crippen MR) is 101 cm³/mol. The van der Waals surface area contributed by atoms with Crippen LogP contribution in [-0.4, -0.2) is 76.9 Å². The lowest BCUT2D eigenvalue weighted by molar-refractivity contribution is -0.128. The average molecular weight is 409 g/mol. The molecular weight excluding hydrogens is 386 g/mol. The second-order valence-electron chi connectivity index (χ2n) is 6.85. The zero-order valence-corrected chi connectivity index (χ0v) is 16.0. The number of sulfonamides is 1. The van der Waals surface area contributed by atoms with E-state index >= 15 is 0 Å². The number of nitrogens with zero attached hydrogens (tertiary/aromatic N) is 2. The third kappa shape index (κ3) is 3.61. The molecule has 2 heterocycles. The van der Waals surface area contributed by atoms with E-state index in [1.807, 2.05) is 0 Å². The molecule has 9 nitrogen and oxygen atoms in total. The molecule has 1 aromatic carbocycles. The monoisotopic (exact) mass is 409 g/mol. The van der Waals surface area contributed by atoms with E-state index in [2.05, 4.69) is 10.3 Å². The summed E-state index contributed by atoms with van der Waals surface area (Å²) < 4.78 is 27.7. The van der Waals surface area contributed by atoms with Gasteiger partial charge in [-0.15, -0.1) is 0 Å². The maximum Gasteiger partial charge on any atom is 0.245 e. The summed E-state index contributed by atoms with van der Waals surface area (Å²) in [6, 6.07) is 7.30. The lowest BCUT2D eigenvalue weighted by Gasteiger charge is -2.32. The molecule has 1 saturated heterocycles. The van der Waals surface area contributed by atoms with Gasteiger partial charge in [0, 0.05) is 18.1 Å². The molecule has 0 spiro atoms. The van der Waals surface area contributed by atoms with Crippen LogP contribution in [0.3, 0.4) is 0 Å². The maximum atomic E-state index is 13.3. The third-order valence-electron chi connectivity index (χ3n) is 4.99. The lowest BCUT2D eigenvalue weighted by Crippen LogP contribution is -2.60. The van der Waals surface area contributed by atoms with Crippen molar-refractivity contribution in [3.05, 3.63) is 36.5 Å². The number of aliphatic hydroxyl groups excluding tert-OH is 3. The van der Waals surface area contributed by atoms with Crippen molar-refractivity contribution in [2.45, 2.75) is 29.3 Å². The molecule has 0 radical (unpaired) electrons. The van der Waals surface area contributed by atoms with Gasteiger partial charge in [0.15, 0.2) is 0 Å². The molecule has 0 aliphatic carbocycles. The molecule has 152 valence electrons. The van der Waals surface area contributed by atoms with E-state index in [-0.39, 0.29) is 11.4 Å². The zero-order chi connectivity index (χ0) is 20.4. The molecule has 1 amide bonds. The Morgan fingerprint density at radius 1 is 1.18 bits per heavy atom. The number of hydrogen-bond acceptors (Lipinski definition) is 7. The van der Waals surface area contributed by atoms with Crippen LogP contribution in [0.15, 0.2) is 41.4 Å². The van der Waals surface area contributed by atoms with Gasteiger partial charge >= 0.3 is 0 Å². The first kappa shape index (κ1) is 20.6. The van der Waals surface area contributed by atoms with Gasteiger partial charge < -0.3 is 20.6 Å². The van der Waals surface area contributed by atoms with E-state index in [1.165, 1.54) is 12.3 Å². The first-order valence-corrected chi connectivity index (χ1v) is 10.3. The molecule has 3 rings (SSSR count). The fraction of sp³-hybridized carbons (Fsp3) is 0.444. The Bertz CT molecular complexity index is 947. The molecule has 28 heavy (non-hydrogen) atoms. The molecule has 1 aliphatic rings. The highest BCUT2D eigenvalue weighted by molar-refractivity contribution is 7.89. The van der Waals surface area contributed by atoms with Crippen LogP contribution in [0.4, 0.5) is 0 Å². The van der Waals surface area contributed by atoms with Crippen LogP contribution >= 0.6 is 0 Å². The van der Waals surface area contributed by atoms with Crippen molar-refractivity contribution < 1.29 is 28.5 Å². The van der Waals surface area contributed by atoms with Gasteiger partial charge in [0.05, 0.1) is 25.3 Å². The molecule has 0 unspecified atom stereocenters. The Morgan fingerprint density at radius 2 is 1.86 bits per heavy atom. The van der Waals surface area contributed by atoms with E-state index in [4.69, 9.17) is 0 Å². The van der Waals surface area contributed by atoms with Crippen molar-refractivity contribution in [3.8, 4) is 0 Å². The minimum absolute atomic E-state index is 0.0167. The van der Waals surface area contributed by atoms with Crippen molar-refractivity contribution in [1.29, 1.82) is 0 Å². The number of aromatic nitrogens is 1. The van der Waals surface area contributed by atoms with Gasteiger partial charge in [-0.05, 0) is 25.0 Å². The summed E-state index contributed by atoms with van der Waals surface area (Å²) in [5, 5.41) is 31.3. The SMILES string of the molecule is O=C(NC(CO)(CO)CO)[C@@H]1CCCN1S(=O)(=O)c1cccc2cccnc12. The minimum atomic E-state index is -4.01. The summed E-state index contributed by atoms with van der Waals surface area (Å²) in [5.41, 5.74) is -1.29. The maximum absolute atomic E-state index is 13.3. The number of para-hydroxylation sites is 1. The van der Waals surface area contributed by atoms with Crippen LogP contribution in [0.2, 0.25) is 0 Å². The van der Waals surface area contributed by atoms with E-state index < -0.39 is 47.3 Å². The van der Waals surface area contributed by atoms with E-state index in [1.54, 1.807) is 24.3 Å². The summed E-state index contributed by atoms with van der Waals surface area (Å²) in [5.74, 6) is -0.675. The van der Waals surface area contributed by atoms with Crippen molar-refractivity contribution in [2.24, 2.45) is 0 Å². The van der Waals surface area contributed by atoms with Crippen LogP contribution in [0.1, 0.15) is 12.8 Å². The van der Waals surface area contributed by atoms with Gasteiger partial charge in [-0.1, -0.05) is 18.2 Å². The van der Waals surface area contributed by atoms with Crippen molar-refractivity contribution >= 4 is 26.8 Å². The molecule has 1 aromatic heterocycles. The summed E-state index contributed by atoms with van der Waals surface area (Å²) in [6.45, 7) is -1.89. The van der Waals surface area contributed by atoms with Crippen LogP contribution in [0, 0.1) is 0 Å². The first-order chi connectivity index (χ1) is 13.4. The Labute approximate surface area is 162 Å². The van der Waals surface area contributed by atoms with Crippen LogP contribution in [0.25, 0.3) is 10.9 Å². The second-order valence-corrected chi connectivity index (χ2v) is 8.71. The fourth-order valence-corrected chi connectivity index (χ4v) is 5.14. The van der Waals surface area contributed by atoms with Gasteiger partial charge in [0.25, 0.3) is 0 Å². The van der Waals surface area contributed by atoms with Crippen molar-refractivity contribution in [1.82, 2.24) is 14.6 Å². The number of amides is 1. The number of rotatable bonds is 7. The third-order valence-corrected chi connectivity index (χ3v) is 6.92. The Balaban J connectivity index is 1.94. The number of hydrogen-bond donors (Lipinski definition) is 4. The molecule has 10 heteroatoms. The smallest absolute Gasteiger partial charge is 0.245 e. The van der Waals surface area contributed by atoms with Gasteiger partial charge in [0.1, 0.15) is 16.5 Å². The summed E-state index contributed by atoms with van der Waals surface area (Å²) >= 11 is 0. The number of aliphatic hydroxyl groups is 3. The van der Waals surface area contributed by atoms with E-state index in [0.29, 0.717) is 23.7 Å². The van der Waals surface area contributed by atoms with Gasteiger partial charge in [0.2, 0.25) is 15.9 Å². The quantitative estimate of drug-likeness (QED) is 0.470. The molecular formula is C18H23N3O6S. The molecule has 0 bridgehead atoms. The predicted octanol–water partition coefficient (Wildman–Crippen LogP) is -0.780. The van der Waals surface area contributed by atoms with Crippen LogP contribution in [-0.2, 0) is 14.8 Å². The normalized spacial score (nSPS) is 18.5. The highest BCUT2D eigenvalue weighted by Gasteiger charge is 2.42. The number of carbonyl (C=O) groups excluding carboxylic acids is 1. The van der Waals surface area contributed by atoms with E-state index in [9.17, 15) is 28.5 Å². The number of fused-ring (bicyclic) bond motifs is 1. The minimum Gasteiger partial charge on any atom is -0.394 e. The van der Waals surface area contributed by atoms with Crippen LogP contribution < -0.4 is 5.32 Å². The van der Waals surface area contributed by atoms with Crippen LogP contribution in [0.5, 0.6) is 0 Å². The summed E-state index contributed by atoms with van der Waals surface area (Å²) in [6.07, 6.45) is 2.29. The molecule has 0 saturated carbocycles. The number of nitrogens with one attached hydrogen (secondary N) is 1. The van der Waals surface area contributed by atoms with Gasteiger partial charge in [-0.3, -0.25) is 9.78 Å². The number of carbonyl (C=O) groups is 1. The highest BCUT2D eigenvalue weighted by Crippen LogP contribution is 2.30. The summed E-state index contributed by atoms with van der Waals surface area (Å²) in [4.78, 5) is 16.9. The Morgan fingerprint density at radius 3 is 2.54 bits per heavy atom. The standard InChI is InChI=1S/C18H23N3O6S/c22-10-18(11-23,12-24)20-17(25)14-6-3-9-21(14)28(26,27)15-7-1-4-13-5-2-8-19-16(13)15/h1-2,4-5,7-8,14,22-24H,3,6,9-12H2,(H,20,25)/t14-/m0/s1. The first-order valence-electron chi connectivity index (χ1n) is 8.89. The zero-order valence-electron chi connectivity index (χ0n) is 15.2. The fourth-order valence-electron chi connectivity index (χ4n) is 3.31. The molecule has 4 N–H and O–H groups in total. The van der Waals surface area contributed by atoms with E-state index in [0.717, 1.165) is 4.31 Å². The van der Waals surface area contributed by atoms with Crippen molar-refractivity contribution in [3.63, 3.8) is 0 Å². The van der Waals surface area contributed by atoms with Gasteiger partial charge in [-0.25, -0.2) is 8.42 Å². The lowest BCUT2D eigenvalue weighted by atomic mass is 10.0. The Kier molecular flexibility index (Phi) is 5.96. The number of benzene rings is 1. The van der Waals surface area contributed by atoms with Crippen molar-refractivity contribution in [2.75, 3.05) is 26.4 Å².